The summed E-state index contributed by atoms with van der Waals surface area (Å²) < 4.78 is 0. The van der Waals surface area contributed by atoms with Crippen LogP contribution in [-0.2, 0) is 6.42 Å². The van der Waals surface area contributed by atoms with Crippen molar-refractivity contribution in [1.82, 2.24) is 5.32 Å². The van der Waals surface area contributed by atoms with Crippen LogP contribution in [-0.4, -0.2) is 13.1 Å². The highest BCUT2D eigenvalue weighted by molar-refractivity contribution is 6.31. The third-order valence-electron chi connectivity index (χ3n) is 3.40. The van der Waals surface area contributed by atoms with E-state index in [1.807, 2.05) is 0 Å². The van der Waals surface area contributed by atoms with Crippen molar-refractivity contribution >= 4 is 11.6 Å². The first-order valence-corrected chi connectivity index (χ1v) is 7.86. The molecule has 0 aliphatic rings. The molecule has 1 nitrogen and oxygen atoms in total. The van der Waals surface area contributed by atoms with Gasteiger partial charge in [0.2, 0.25) is 0 Å². The highest BCUT2D eigenvalue weighted by atomic mass is 35.5. The van der Waals surface area contributed by atoms with Crippen LogP contribution in [0.2, 0.25) is 5.02 Å². The fourth-order valence-corrected chi connectivity index (χ4v) is 2.70. The van der Waals surface area contributed by atoms with Gasteiger partial charge in [0, 0.05) is 5.02 Å². The van der Waals surface area contributed by atoms with Crippen molar-refractivity contribution in [2.45, 2.75) is 47.0 Å². The number of rotatable bonds is 8. The molecule has 0 aromatic heterocycles. The van der Waals surface area contributed by atoms with E-state index in [0.29, 0.717) is 11.8 Å². The largest absolute Gasteiger partial charge is 0.316 e. The topological polar surface area (TPSA) is 12.0 Å². The zero-order valence-corrected chi connectivity index (χ0v) is 13.6. The average Bonchev–Trinajstić information content (AvgIpc) is 2.32. The lowest BCUT2D eigenvalue weighted by molar-refractivity contribution is 0.421. The van der Waals surface area contributed by atoms with Crippen LogP contribution in [0, 0.1) is 18.8 Å². The molecule has 19 heavy (non-hydrogen) atoms. The van der Waals surface area contributed by atoms with Crippen LogP contribution in [0.4, 0.5) is 0 Å². The molecule has 1 rings (SSSR count). The van der Waals surface area contributed by atoms with Crippen LogP contribution in [0.3, 0.4) is 0 Å². The Kier molecular flexibility index (Phi) is 7.48. The van der Waals surface area contributed by atoms with Gasteiger partial charge < -0.3 is 5.32 Å². The Morgan fingerprint density at radius 3 is 2.53 bits per heavy atom. The van der Waals surface area contributed by atoms with Gasteiger partial charge in [-0.2, -0.15) is 0 Å². The van der Waals surface area contributed by atoms with Crippen molar-refractivity contribution in [3.05, 3.63) is 34.3 Å². The molecule has 1 unspecified atom stereocenters. The van der Waals surface area contributed by atoms with Gasteiger partial charge in [-0.25, -0.2) is 0 Å². The normalized spacial score (nSPS) is 12.9. The molecule has 0 fully saturated rings. The van der Waals surface area contributed by atoms with Crippen molar-refractivity contribution < 1.29 is 0 Å². The van der Waals surface area contributed by atoms with E-state index in [1.54, 1.807) is 0 Å². The summed E-state index contributed by atoms with van der Waals surface area (Å²) in [5, 5.41) is 4.50. The maximum Gasteiger partial charge on any atom is 0.0440 e. The molecule has 0 radical (unpaired) electrons. The minimum absolute atomic E-state index is 0.684. The first-order valence-electron chi connectivity index (χ1n) is 7.48. The summed E-state index contributed by atoms with van der Waals surface area (Å²) in [6.45, 7) is 11.0. The Hall–Kier alpha value is -0.530. The first kappa shape index (κ1) is 16.5. The predicted octanol–water partition coefficient (Wildman–Crippen LogP) is 4.85. The molecule has 108 valence electrons. The van der Waals surface area contributed by atoms with E-state index in [2.05, 4.69) is 51.2 Å². The van der Waals surface area contributed by atoms with Gasteiger partial charge in [-0.15, -0.1) is 0 Å². The Labute approximate surface area is 123 Å². The lowest BCUT2D eigenvalue weighted by atomic mass is 9.94. The minimum atomic E-state index is 0.684. The van der Waals surface area contributed by atoms with Crippen LogP contribution in [0.15, 0.2) is 18.2 Å². The second-order valence-corrected chi connectivity index (χ2v) is 6.41. The highest BCUT2D eigenvalue weighted by Crippen LogP contribution is 2.22. The number of hydrogen-bond acceptors (Lipinski definition) is 1. The van der Waals surface area contributed by atoms with Gasteiger partial charge >= 0.3 is 0 Å². The maximum atomic E-state index is 6.34. The van der Waals surface area contributed by atoms with E-state index >= 15 is 0 Å². The average molecular weight is 282 g/mol. The lowest BCUT2D eigenvalue weighted by Crippen LogP contribution is -2.27. The van der Waals surface area contributed by atoms with Gasteiger partial charge in [-0.3, -0.25) is 0 Å². The van der Waals surface area contributed by atoms with Gasteiger partial charge in [-0.05, 0) is 61.9 Å². The van der Waals surface area contributed by atoms with Crippen LogP contribution >= 0.6 is 11.6 Å². The van der Waals surface area contributed by atoms with Gasteiger partial charge in [0.05, 0.1) is 0 Å². The molecule has 1 aromatic carbocycles. The quantitative estimate of drug-likeness (QED) is 0.718. The molecule has 1 N–H and O–H groups in total. The minimum Gasteiger partial charge on any atom is -0.316 e. The van der Waals surface area contributed by atoms with E-state index in [9.17, 15) is 0 Å². The number of aryl methyl sites for hydroxylation is 1. The Bertz CT molecular complexity index is 374. The number of nitrogens with one attached hydrogen (secondary N) is 1. The summed E-state index contributed by atoms with van der Waals surface area (Å²) in [6, 6.07) is 6.41. The van der Waals surface area contributed by atoms with E-state index in [-0.39, 0.29) is 0 Å². The SMILES string of the molecule is CCCC(CNCC(C)C)Cc1ccc(C)cc1Cl. The summed E-state index contributed by atoms with van der Waals surface area (Å²) in [4.78, 5) is 0. The molecule has 0 spiro atoms. The monoisotopic (exact) mass is 281 g/mol. The standard InChI is InChI=1S/C17H28ClN/c1-5-6-15(12-19-11-13(2)3)10-16-8-7-14(4)9-17(16)18/h7-9,13,15,19H,5-6,10-12H2,1-4H3. The third kappa shape index (κ3) is 6.44. The molecule has 1 aromatic rings. The fourth-order valence-electron chi connectivity index (χ4n) is 2.39. The smallest absolute Gasteiger partial charge is 0.0440 e. The number of halogens is 1. The molecule has 0 aliphatic carbocycles. The maximum absolute atomic E-state index is 6.34. The summed E-state index contributed by atoms with van der Waals surface area (Å²) in [7, 11) is 0. The molecule has 0 saturated carbocycles. The molecule has 0 bridgehead atoms. The zero-order valence-electron chi connectivity index (χ0n) is 12.8. The van der Waals surface area contributed by atoms with Gasteiger partial charge in [0.1, 0.15) is 0 Å². The second kappa shape index (κ2) is 8.60. The summed E-state index contributed by atoms with van der Waals surface area (Å²) in [5.41, 5.74) is 2.52. The molecular formula is C17H28ClN. The fraction of sp³-hybridized carbons (Fsp3) is 0.647. The van der Waals surface area contributed by atoms with E-state index in [1.165, 1.54) is 24.0 Å². The zero-order chi connectivity index (χ0) is 14.3. The van der Waals surface area contributed by atoms with E-state index in [0.717, 1.165) is 24.5 Å². The molecule has 0 amide bonds. The Morgan fingerprint density at radius 1 is 1.21 bits per heavy atom. The van der Waals surface area contributed by atoms with Crippen molar-refractivity contribution in [3.63, 3.8) is 0 Å². The van der Waals surface area contributed by atoms with E-state index in [4.69, 9.17) is 11.6 Å². The van der Waals surface area contributed by atoms with Gasteiger partial charge in [0.15, 0.2) is 0 Å². The molecule has 2 heteroatoms. The van der Waals surface area contributed by atoms with Crippen molar-refractivity contribution in [3.8, 4) is 0 Å². The lowest BCUT2D eigenvalue weighted by Gasteiger charge is -2.19. The second-order valence-electron chi connectivity index (χ2n) is 6.01. The number of hydrogen-bond donors (Lipinski definition) is 1. The molecule has 1 atom stereocenters. The van der Waals surface area contributed by atoms with Crippen LogP contribution in [0.25, 0.3) is 0 Å². The predicted molar refractivity (Wildman–Crippen MR) is 86.0 cm³/mol. The Morgan fingerprint density at radius 2 is 1.95 bits per heavy atom. The van der Waals surface area contributed by atoms with Crippen molar-refractivity contribution in [1.29, 1.82) is 0 Å². The first-order chi connectivity index (χ1) is 9.02. The summed E-state index contributed by atoms with van der Waals surface area (Å²) >= 11 is 6.34. The highest BCUT2D eigenvalue weighted by Gasteiger charge is 2.11. The molecule has 0 saturated heterocycles. The molecular weight excluding hydrogens is 254 g/mol. The van der Waals surface area contributed by atoms with Crippen LogP contribution < -0.4 is 5.32 Å². The van der Waals surface area contributed by atoms with Gasteiger partial charge in [0.25, 0.3) is 0 Å². The summed E-state index contributed by atoms with van der Waals surface area (Å²) in [5.74, 6) is 1.40. The number of benzene rings is 1. The molecule has 0 heterocycles. The van der Waals surface area contributed by atoms with Crippen molar-refractivity contribution in [2.75, 3.05) is 13.1 Å². The summed E-state index contributed by atoms with van der Waals surface area (Å²) in [6.07, 6.45) is 3.57. The molecule has 0 aliphatic heterocycles. The van der Waals surface area contributed by atoms with E-state index < -0.39 is 0 Å². The van der Waals surface area contributed by atoms with Crippen LogP contribution in [0.1, 0.15) is 44.7 Å². The van der Waals surface area contributed by atoms with Gasteiger partial charge in [-0.1, -0.05) is 50.9 Å². The Balaban J connectivity index is 2.56. The van der Waals surface area contributed by atoms with Crippen molar-refractivity contribution in [2.24, 2.45) is 11.8 Å². The van der Waals surface area contributed by atoms with Crippen LogP contribution in [0.5, 0.6) is 0 Å². The third-order valence-corrected chi connectivity index (χ3v) is 3.75.